The predicted molar refractivity (Wildman–Crippen MR) is 53.1 cm³/mol. The van der Waals surface area contributed by atoms with Crippen LogP contribution in [-0.4, -0.2) is 19.6 Å². The fourth-order valence-electron chi connectivity index (χ4n) is 0.586. The summed E-state index contributed by atoms with van der Waals surface area (Å²) in [6.07, 6.45) is 7.35. The highest BCUT2D eigenvalue weighted by atomic mass is 16.5. The minimum absolute atomic E-state index is 0.248. The first kappa shape index (κ1) is 11.6. The number of hydrogen-bond donors (Lipinski definition) is 1. The maximum absolute atomic E-state index is 10.6. The van der Waals surface area contributed by atoms with Gasteiger partial charge in [0.05, 0.1) is 13.5 Å². The smallest absolute Gasteiger partial charge is 0.309 e. The zero-order chi connectivity index (χ0) is 10.1. The van der Waals surface area contributed by atoms with Crippen molar-refractivity contribution in [1.29, 1.82) is 0 Å². The van der Waals surface area contributed by atoms with Gasteiger partial charge in [0.15, 0.2) is 0 Å². The summed E-state index contributed by atoms with van der Waals surface area (Å²) in [4.78, 5) is 10.6. The number of allylic oxidation sites excluding steroid dienone is 2. The van der Waals surface area contributed by atoms with Crippen LogP contribution in [0.2, 0.25) is 0 Å². The van der Waals surface area contributed by atoms with E-state index in [1.165, 1.54) is 7.11 Å². The number of nitrogens with two attached hydrogens (primary N) is 1. The van der Waals surface area contributed by atoms with E-state index in [1.807, 2.05) is 0 Å². The van der Waals surface area contributed by atoms with Crippen LogP contribution in [-0.2, 0) is 9.53 Å². The Hall–Kier alpha value is -1.35. The van der Waals surface area contributed by atoms with Gasteiger partial charge < -0.3 is 10.5 Å². The van der Waals surface area contributed by atoms with Crippen molar-refractivity contribution in [2.75, 3.05) is 13.7 Å². The van der Waals surface area contributed by atoms with E-state index < -0.39 is 0 Å². The van der Waals surface area contributed by atoms with Gasteiger partial charge in [-0.3, -0.25) is 4.79 Å². The molecule has 0 saturated carbocycles. The molecule has 0 aromatic heterocycles. The van der Waals surface area contributed by atoms with Gasteiger partial charge in [0.2, 0.25) is 0 Å². The molecule has 0 aliphatic rings. The highest BCUT2D eigenvalue weighted by Gasteiger charge is 1.91. The Balaban J connectivity index is 3.69. The minimum Gasteiger partial charge on any atom is -0.469 e. The number of carbonyl (C=O) groups is 1. The molecule has 72 valence electrons. The molecule has 3 heteroatoms. The molecule has 0 atom stereocenters. The van der Waals surface area contributed by atoms with E-state index in [1.54, 1.807) is 24.3 Å². The summed E-state index contributed by atoms with van der Waals surface area (Å²) < 4.78 is 4.45. The molecule has 0 amide bonds. The normalized spacial score (nSPS) is 10.9. The maximum atomic E-state index is 10.6. The van der Waals surface area contributed by atoms with Gasteiger partial charge in [-0.1, -0.05) is 30.9 Å². The largest absolute Gasteiger partial charge is 0.469 e. The van der Waals surface area contributed by atoms with Gasteiger partial charge in [-0.25, -0.2) is 0 Å². The lowest BCUT2D eigenvalue weighted by Crippen LogP contribution is -1.98. The number of hydrogen-bond acceptors (Lipinski definition) is 3. The lowest BCUT2D eigenvalue weighted by atomic mass is 10.2. The second-order valence-corrected chi connectivity index (χ2v) is 2.43. The molecule has 0 aromatic carbocycles. The monoisotopic (exact) mass is 181 g/mol. The number of esters is 1. The Morgan fingerprint density at radius 1 is 1.54 bits per heavy atom. The molecule has 0 bridgehead atoms. The van der Waals surface area contributed by atoms with E-state index in [0.717, 1.165) is 5.57 Å². The summed E-state index contributed by atoms with van der Waals surface area (Å²) in [5.41, 5.74) is 6.16. The standard InChI is InChI=1S/C10H15NO2/c1-9(8-11)6-4-3-5-7-10(12)13-2/h3-6H,1,7-8,11H2,2H3/b5-3+,6-4-. The van der Waals surface area contributed by atoms with E-state index in [4.69, 9.17) is 5.73 Å². The summed E-state index contributed by atoms with van der Waals surface area (Å²) in [6.45, 7) is 4.13. The molecule has 0 heterocycles. The summed E-state index contributed by atoms with van der Waals surface area (Å²) in [7, 11) is 1.36. The van der Waals surface area contributed by atoms with Crippen LogP contribution in [0.3, 0.4) is 0 Å². The lowest BCUT2D eigenvalue weighted by molar-refractivity contribution is -0.139. The molecule has 0 fully saturated rings. The van der Waals surface area contributed by atoms with Gasteiger partial charge in [0, 0.05) is 6.54 Å². The topological polar surface area (TPSA) is 52.3 Å². The van der Waals surface area contributed by atoms with Gasteiger partial charge in [0.25, 0.3) is 0 Å². The molecule has 0 aliphatic heterocycles. The molecule has 0 aromatic rings. The minimum atomic E-state index is -0.248. The second-order valence-electron chi connectivity index (χ2n) is 2.43. The summed E-state index contributed by atoms with van der Waals surface area (Å²) in [6, 6.07) is 0. The molecular formula is C10H15NO2. The Labute approximate surface area is 78.6 Å². The zero-order valence-electron chi connectivity index (χ0n) is 7.82. The molecule has 0 spiro atoms. The van der Waals surface area contributed by atoms with Crippen molar-refractivity contribution in [3.63, 3.8) is 0 Å². The van der Waals surface area contributed by atoms with Crippen molar-refractivity contribution in [2.24, 2.45) is 5.73 Å². The third-order valence-electron chi connectivity index (χ3n) is 1.35. The van der Waals surface area contributed by atoms with Gasteiger partial charge in [0.1, 0.15) is 0 Å². The average Bonchev–Trinajstić information content (AvgIpc) is 2.16. The Morgan fingerprint density at radius 2 is 2.23 bits per heavy atom. The first-order chi connectivity index (χ1) is 6.20. The van der Waals surface area contributed by atoms with E-state index in [0.29, 0.717) is 6.54 Å². The lowest BCUT2D eigenvalue weighted by Gasteiger charge is -1.91. The number of rotatable bonds is 5. The number of ether oxygens (including phenoxy) is 1. The maximum Gasteiger partial charge on any atom is 0.309 e. The summed E-state index contributed by atoms with van der Waals surface area (Å²) >= 11 is 0. The highest BCUT2D eigenvalue weighted by Crippen LogP contribution is 1.91. The van der Waals surface area contributed by atoms with Crippen LogP contribution in [0.15, 0.2) is 36.5 Å². The Kier molecular flexibility index (Phi) is 6.55. The first-order valence-corrected chi connectivity index (χ1v) is 3.98. The zero-order valence-corrected chi connectivity index (χ0v) is 7.82. The van der Waals surface area contributed by atoms with Crippen molar-refractivity contribution >= 4 is 5.97 Å². The van der Waals surface area contributed by atoms with E-state index in [-0.39, 0.29) is 12.4 Å². The third kappa shape index (κ3) is 7.03. The molecule has 0 unspecified atom stereocenters. The van der Waals surface area contributed by atoms with Crippen molar-refractivity contribution < 1.29 is 9.53 Å². The molecule has 13 heavy (non-hydrogen) atoms. The van der Waals surface area contributed by atoms with Crippen LogP contribution < -0.4 is 5.73 Å². The van der Waals surface area contributed by atoms with Crippen molar-refractivity contribution in [2.45, 2.75) is 6.42 Å². The summed E-state index contributed by atoms with van der Waals surface area (Å²) in [5.74, 6) is -0.248. The Bertz CT molecular complexity index is 229. The van der Waals surface area contributed by atoms with Crippen LogP contribution in [0.1, 0.15) is 6.42 Å². The van der Waals surface area contributed by atoms with Gasteiger partial charge in [-0.15, -0.1) is 0 Å². The molecule has 3 nitrogen and oxygen atoms in total. The van der Waals surface area contributed by atoms with Crippen LogP contribution in [0.5, 0.6) is 0 Å². The molecule has 0 radical (unpaired) electrons. The first-order valence-electron chi connectivity index (χ1n) is 3.98. The predicted octanol–water partition coefficient (Wildman–Crippen LogP) is 1.18. The van der Waals surface area contributed by atoms with Gasteiger partial charge >= 0.3 is 5.97 Å². The van der Waals surface area contributed by atoms with Crippen molar-refractivity contribution in [3.05, 3.63) is 36.5 Å². The SMILES string of the molecule is C=C(/C=C\C=C\CC(=O)OC)CN. The molecule has 0 saturated heterocycles. The number of methoxy groups -OCH3 is 1. The quantitative estimate of drug-likeness (QED) is 0.511. The molecule has 0 rings (SSSR count). The van der Waals surface area contributed by atoms with Crippen LogP contribution in [0, 0.1) is 0 Å². The van der Waals surface area contributed by atoms with E-state index in [9.17, 15) is 4.79 Å². The average molecular weight is 181 g/mol. The fraction of sp³-hybridized carbons (Fsp3) is 0.300. The van der Waals surface area contributed by atoms with Crippen LogP contribution in [0.4, 0.5) is 0 Å². The molecule has 0 aliphatic carbocycles. The van der Waals surface area contributed by atoms with E-state index in [2.05, 4.69) is 11.3 Å². The third-order valence-corrected chi connectivity index (χ3v) is 1.35. The second kappa shape index (κ2) is 7.31. The summed E-state index contributed by atoms with van der Waals surface area (Å²) in [5, 5.41) is 0. The molecule has 2 N–H and O–H groups in total. The highest BCUT2D eigenvalue weighted by molar-refractivity contribution is 5.70. The molecular weight excluding hydrogens is 166 g/mol. The van der Waals surface area contributed by atoms with Crippen molar-refractivity contribution in [1.82, 2.24) is 0 Å². The number of carbonyl (C=O) groups excluding carboxylic acids is 1. The fourth-order valence-corrected chi connectivity index (χ4v) is 0.586. The Morgan fingerprint density at radius 3 is 2.77 bits per heavy atom. The van der Waals surface area contributed by atoms with Crippen molar-refractivity contribution in [3.8, 4) is 0 Å². The van der Waals surface area contributed by atoms with Gasteiger partial charge in [-0.05, 0) is 5.57 Å². The van der Waals surface area contributed by atoms with Gasteiger partial charge in [-0.2, -0.15) is 0 Å². The van der Waals surface area contributed by atoms with Crippen LogP contribution in [0.25, 0.3) is 0 Å². The van der Waals surface area contributed by atoms with E-state index >= 15 is 0 Å². The van der Waals surface area contributed by atoms with Crippen LogP contribution >= 0.6 is 0 Å².